The van der Waals surface area contributed by atoms with Crippen molar-refractivity contribution >= 4 is 12.0 Å². The molecule has 0 aliphatic carbocycles. The maximum atomic E-state index is 13.8. The van der Waals surface area contributed by atoms with Crippen LogP contribution in [0.5, 0.6) is 5.75 Å². The predicted molar refractivity (Wildman–Crippen MR) is 98.1 cm³/mol. The molecule has 0 radical (unpaired) electrons. The highest BCUT2D eigenvalue weighted by Gasteiger charge is 2.20. The number of halogens is 1. The third-order valence-corrected chi connectivity index (χ3v) is 4.39. The number of amides is 1. The zero-order valence-electron chi connectivity index (χ0n) is 14.8. The lowest BCUT2D eigenvalue weighted by atomic mass is 10.1. The quantitative estimate of drug-likeness (QED) is 0.774. The third-order valence-electron chi connectivity index (χ3n) is 4.39. The molecule has 1 aromatic heterocycles. The van der Waals surface area contributed by atoms with Crippen molar-refractivity contribution in [3.05, 3.63) is 65.7 Å². The van der Waals surface area contributed by atoms with E-state index in [-0.39, 0.29) is 17.5 Å². The van der Waals surface area contributed by atoms with Crippen LogP contribution in [0.1, 0.15) is 11.3 Å². The highest BCUT2D eigenvalue weighted by molar-refractivity contribution is 5.91. The summed E-state index contributed by atoms with van der Waals surface area (Å²) in [4.78, 5) is 20.5. The molecule has 1 aliphatic rings. The average Bonchev–Trinajstić information content (AvgIpc) is 2.68. The van der Waals surface area contributed by atoms with E-state index >= 15 is 0 Å². The van der Waals surface area contributed by atoms with Crippen molar-refractivity contribution in [2.75, 3.05) is 33.3 Å². The Balaban J connectivity index is 1.50. The minimum absolute atomic E-state index is 0.00852. The summed E-state index contributed by atoms with van der Waals surface area (Å²) < 4.78 is 18.7. The summed E-state index contributed by atoms with van der Waals surface area (Å²) in [6.45, 7) is 3.49. The highest BCUT2D eigenvalue weighted by Crippen LogP contribution is 2.19. The molecule has 26 heavy (non-hydrogen) atoms. The SMILES string of the molecule is COc1ccc(CN2CCN(C(=O)/C=C/c3ccccn3)CC2)cc1F. The van der Waals surface area contributed by atoms with E-state index in [0.717, 1.165) is 24.3 Å². The van der Waals surface area contributed by atoms with Crippen molar-refractivity contribution in [2.24, 2.45) is 0 Å². The topological polar surface area (TPSA) is 45.7 Å². The summed E-state index contributed by atoms with van der Waals surface area (Å²) in [5.74, 6) is -0.104. The molecule has 0 atom stereocenters. The Hall–Kier alpha value is -2.73. The van der Waals surface area contributed by atoms with Crippen LogP contribution in [-0.2, 0) is 11.3 Å². The molecular formula is C20H22FN3O2. The first-order valence-corrected chi connectivity index (χ1v) is 8.58. The summed E-state index contributed by atoms with van der Waals surface area (Å²) in [5.41, 5.74) is 1.67. The molecule has 136 valence electrons. The van der Waals surface area contributed by atoms with E-state index in [9.17, 15) is 9.18 Å². The van der Waals surface area contributed by atoms with E-state index < -0.39 is 0 Å². The van der Waals surface area contributed by atoms with Gasteiger partial charge >= 0.3 is 0 Å². The molecule has 0 saturated carbocycles. The summed E-state index contributed by atoms with van der Waals surface area (Å²) in [6.07, 6.45) is 5.00. The largest absolute Gasteiger partial charge is 0.494 e. The van der Waals surface area contributed by atoms with Gasteiger partial charge in [-0.25, -0.2) is 4.39 Å². The first-order valence-electron chi connectivity index (χ1n) is 8.58. The molecule has 5 nitrogen and oxygen atoms in total. The van der Waals surface area contributed by atoms with Crippen LogP contribution in [0.2, 0.25) is 0 Å². The van der Waals surface area contributed by atoms with E-state index in [0.29, 0.717) is 19.6 Å². The smallest absolute Gasteiger partial charge is 0.246 e. The van der Waals surface area contributed by atoms with Crippen molar-refractivity contribution in [3.8, 4) is 5.75 Å². The Morgan fingerprint density at radius 3 is 2.69 bits per heavy atom. The second-order valence-electron chi connectivity index (χ2n) is 6.16. The maximum absolute atomic E-state index is 13.8. The van der Waals surface area contributed by atoms with Gasteiger partial charge < -0.3 is 9.64 Å². The molecule has 1 fully saturated rings. The number of benzene rings is 1. The minimum atomic E-state index is -0.349. The van der Waals surface area contributed by atoms with Gasteiger partial charge in [-0.3, -0.25) is 14.7 Å². The van der Waals surface area contributed by atoms with Crippen molar-refractivity contribution in [2.45, 2.75) is 6.54 Å². The molecule has 6 heteroatoms. The van der Waals surface area contributed by atoms with E-state index in [1.165, 1.54) is 13.2 Å². The van der Waals surface area contributed by atoms with Crippen molar-refractivity contribution in [1.82, 2.24) is 14.8 Å². The minimum Gasteiger partial charge on any atom is -0.494 e. The summed E-state index contributed by atoms with van der Waals surface area (Å²) in [7, 11) is 1.45. The molecule has 2 aromatic rings. The number of ether oxygens (including phenoxy) is 1. The number of rotatable bonds is 5. The number of carbonyl (C=O) groups excluding carboxylic acids is 1. The molecule has 0 spiro atoms. The van der Waals surface area contributed by atoms with E-state index in [2.05, 4.69) is 9.88 Å². The van der Waals surface area contributed by atoms with Gasteiger partial charge in [0.25, 0.3) is 0 Å². The maximum Gasteiger partial charge on any atom is 0.246 e. The lowest BCUT2D eigenvalue weighted by Crippen LogP contribution is -2.47. The monoisotopic (exact) mass is 355 g/mol. The number of pyridine rings is 1. The van der Waals surface area contributed by atoms with Crippen LogP contribution in [0.3, 0.4) is 0 Å². The van der Waals surface area contributed by atoms with Gasteiger partial charge in [0.15, 0.2) is 11.6 Å². The van der Waals surface area contributed by atoms with Crippen molar-refractivity contribution < 1.29 is 13.9 Å². The number of piperazine rings is 1. The molecule has 2 heterocycles. The zero-order chi connectivity index (χ0) is 18.4. The van der Waals surface area contributed by atoms with Gasteiger partial charge in [-0.2, -0.15) is 0 Å². The Kier molecular flexibility index (Phi) is 5.96. The second kappa shape index (κ2) is 8.58. The standard InChI is InChI=1S/C20H22FN3O2/c1-26-19-7-5-16(14-18(19)21)15-23-10-12-24(13-11-23)20(25)8-6-17-4-2-3-9-22-17/h2-9,14H,10-13,15H2,1H3/b8-6+. The van der Waals surface area contributed by atoms with Crippen LogP contribution in [0, 0.1) is 5.82 Å². The number of methoxy groups -OCH3 is 1. The van der Waals surface area contributed by atoms with Gasteiger partial charge in [0.05, 0.1) is 12.8 Å². The fourth-order valence-electron chi connectivity index (χ4n) is 2.93. The number of carbonyl (C=O) groups is 1. The average molecular weight is 355 g/mol. The molecule has 1 aliphatic heterocycles. The van der Waals surface area contributed by atoms with E-state index in [1.807, 2.05) is 29.2 Å². The van der Waals surface area contributed by atoms with Crippen LogP contribution in [0.25, 0.3) is 6.08 Å². The zero-order valence-corrected chi connectivity index (χ0v) is 14.8. The predicted octanol–water partition coefficient (Wildman–Crippen LogP) is 2.59. The van der Waals surface area contributed by atoms with Crippen molar-refractivity contribution in [3.63, 3.8) is 0 Å². The highest BCUT2D eigenvalue weighted by atomic mass is 19.1. The van der Waals surface area contributed by atoms with E-state index in [4.69, 9.17) is 4.74 Å². The van der Waals surface area contributed by atoms with Crippen LogP contribution >= 0.6 is 0 Å². The van der Waals surface area contributed by atoms with Crippen molar-refractivity contribution in [1.29, 1.82) is 0 Å². The van der Waals surface area contributed by atoms with E-state index in [1.54, 1.807) is 24.4 Å². The summed E-state index contributed by atoms with van der Waals surface area (Å²) >= 11 is 0. The van der Waals surface area contributed by atoms with Gasteiger partial charge in [-0.1, -0.05) is 12.1 Å². The molecule has 1 aromatic carbocycles. The number of hydrogen-bond acceptors (Lipinski definition) is 4. The van der Waals surface area contributed by atoms with Crippen LogP contribution in [-0.4, -0.2) is 54.0 Å². The van der Waals surface area contributed by atoms with Crippen LogP contribution < -0.4 is 4.74 Å². The normalized spacial score (nSPS) is 15.4. The molecule has 0 N–H and O–H groups in total. The molecule has 0 bridgehead atoms. The number of nitrogens with zero attached hydrogens (tertiary/aromatic N) is 3. The van der Waals surface area contributed by atoms with Gasteiger partial charge in [-0.05, 0) is 35.9 Å². The van der Waals surface area contributed by atoms with Crippen LogP contribution in [0.4, 0.5) is 4.39 Å². The summed E-state index contributed by atoms with van der Waals surface area (Å²) in [5, 5.41) is 0. The second-order valence-corrected chi connectivity index (χ2v) is 6.16. The van der Waals surface area contributed by atoms with Gasteiger partial charge in [-0.15, -0.1) is 0 Å². The third kappa shape index (κ3) is 4.67. The molecule has 1 amide bonds. The van der Waals surface area contributed by atoms with Gasteiger partial charge in [0.2, 0.25) is 5.91 Å². The Morgan fingerprint density at radius 1 is 1.23 bits per heavy atom. The lowest BCUT2D eigenvalue weighted by molar-refractivity contribution is -0.127. The lowest BCUT2D eigenvalue weighted by Gasteiger charge is -2.34. The fraction of sp³-hybridized carbons (Fsp3) is 0.300. The summed E-state index contributed by atoms with van der Waals surface area (Å²) in [6, 6.07) is 10.6. The first kappa shape index (κ1) is 18.1. The van der Waals surface area contributed by atoms with Crippen LogP contribution in [0.15, 0.2) is 48.7 Å². The molecule has 0 unspecified atom stereocenters. The number of aromatic nitrogens is 1. The molecule has 3 rings (SSSR count). The Labute approximate surface area is 152 Å². The molecule has 1 saturated heterocycles. The molecular weight excluding hydrogens is 333 g/mol. The first-order chi connectivity index (χ1) is 12.7. The number of hydrogen-bond donors (Lipinski definition) is 0. The van der Waals surface area contributed by atoms with Gasteiger partial charge in [0.1, 0.15) is 0 Å². The Morgan fingerprint density at radius 2 is 2.04 bits per heavy atom. The van der Waals surface area contributed by atoms with Gasteiger partial charge in [0, 0.05) is 45.0 Å². The Bertz CT molecular complexity index is 772. The fourth-order valence-corrected chi connectivity index (χ4v) is 2.93.